The zero-order chi connectivity index (χ0) is 24.2. The molecule has 4 rings (SSSR count). The van der Waals surface area contributed by atoms with Crippen LogP contribution in [-0.2, 0) is 0 Å². The minimum absolute atomic E-state index is 0.0399. The molecule has 1 aliphatic rings. The van der Waals surface area contributed by atoms with Crippen LogP contribution in [0.3, 0.4) is 0 Å². The molecule has 0 amide bonds. The fourth-order valence-corrected chi connectivity index (χ4v) is 3.71. The van der Waals surface area contributed by atoms with E-state index in [4.69, 9.17) is 25.8 Å². The predicted molar refractivity (Wildman–Crippen MR) is 126 cm³/mol. The van der Waals surface area contributed by atoms with E-state index in [1.165, 1.54) is 32.4 Å². The molecule has 1 aromatic heterocycles. The Labute approximate surface area is 202 Å². The van der Waals surface area contributed by atoms with Gasteiger partial charge in [-0.25, -0.2) is 9.37 Å². The van der Waals surface area contributed by atoms with Crippen molar-refractivity contribution < 1.29 is 28.5 Å². The maximum absolute atomic E-state index is 13.6. The summed E-state index contributed by atoms with van der Waals surface area (Å²) in [5, 5.41) is 10.7. The molecule has 0 aliphatic heterocycles. The number of hydrogen-bond donors (Lipinski definition) is 1. The SMILES string of the molecule is COc1cc(C(=O)CCC(O)c2ccc(OC)c(-c3ccc(F)c(Cl)c3)n2)ccc1OC1CC1. The normalized spacial score (nSPS) is 13.9. The average molecular weight is 486 g/mol. The Kier molecular flexibility index (Phi) is 7.34. The lowest BCUT2D eigenvalue weighted by Crippen LogP contribution is -2.07. The van der Waals surface area contributed by atoms with Crippen LogP contribution >= 0.6 is 11.6 Å². The van der Waals surface area contributed by atoms with Gasteiger partial charge in [-0.3, -0.25) is 4.79 Å². The number of hydrogen-bond acceptors (Lipinski definition) is 6. The second-order valence-corrected chi connectivity index (χ2v) is 8.48. The fraction of sp³-hybridized carbons (Fsp3) is 0.308. The summed E-state index contributed by atoms with van der Waals surface area (Å²) < 4.78 is 30.1. The van der Waals surface area contributed by atoms with Gasteiger partial charge in [0.05, 0.1) is 37.1 Å². The number of carbonyl (C=O) groups is 1. The van der Waals surface area contributed by atoms with E-state index in [1.807, 2.05) is 0 Å². The molecule has 0 bridgehead atoms. The van der Waals surface area contributed by atoms with Crippen molar-refractivity contribution in [1.29, 1.82) is 0 Å². The third-order valence-corrected chi connectivity index (χ3v) is 5.87. The van der Waals surface area contributed by atoms with Crippen molar-refractivity contribution in [3.63, 3.8) is 0 Å². The third-order valence-electron chi connectivity index (χ3n) is 5.58. The molecule has 178 valence electrons. The van der Waals surface area contributed by atoms with Gasteiger partial charge in [0.1, 0.15) is 17.3 Å². The summed E-state index contributed by atoms with van der Waals surface area (Å²) in [6.45, 7) is 0. The minimum atomic E-state index is -0.983. The van der Waals surface area contributed by atoms with Crippen molar-refractivity contribution in [3.8, 4) is 28.5 Å². The second kappa shape index (κ2) is 10.4. The number of aliphatic hydroxyl groups excluding tert-OH is 1. The first-order valence-electron chi connectivity index (χ1n) is 11.0. The maximum atomic E-state index is 13.6. The van der Waals surface area contributed by atoms with Crippen molar-refractivity contribution in [1.82, 2.24) is 4.98 Å². The predicted octanol–water partition coefficient (Wildman–Crippen LogP) is 5.80. The van der Waals surface area contributed by atoms with Crippen LogP contribution in [0.15, 0.2) is 48.5 Å². The molecule has 3 aromatic rings. The molecule has 0 spiro atoms. The monoisotopic (exact) mass is 485 g/mol. The highest BCUT2D eigenvalue weighted by atomic mass is 35.5. The molecule has 0 saturated heterocycles. The van der Waals surface area contributed by atoms with Crippen molar-refractivity contribution in [2.24, 2.45) is 0 Å². The standard InChI is InChI=1S/C26H25ClFNO5/c1-32-24-12-8-20(29-26(24)16-3-7-19(28)18(27)13-16)22(31)10-9-21(30)15-4-11-23(25(14-15)33-2)34-17-5-6-17/h3-4,7-8,11-14,17,22,31H,5-6,9-10H2,1-2H3. The Morgan fingerprint density at radius 3 is 2.50 bits per heavy atom. The van der Waals surface area contributed by atoms with Gasteiger partial charge in [-0.2, -0.15) is 0 Å². The van der Waals surface area contributed by atoms with Gasteiger partial charge in [-0.15, -0.1) is 0 Å². The van der Waals surface area contributed by atoms with E-state index in [1.54, 1.807) is 30.3 Å². The van der Waals surface area contributed by atoms with E-state index in [2.05, 4.69) is 4.98 Å². The van der Waals surface area contributed by atoms with E-state index in [-0.39, 0.29) is 29.8 Å². The second-order valence-electron chi connectivity index (χ2n) is 8.08. The minimum Gasteiger partial charge on any atom is -0.494 e. The van der Waals surface area contributed by atoms with Gasteiger partial charge in [0.15, 0.2) is 17.3 Å². The van der Waals surface area contributed by atoms with Gasteiger partial charge in [-0.1, -0.05) is 11.6 Å². The quantitative estimate of drug-likeness (QED) is 0.366. The highest BCUT2D eigenvalue weighted by Crippen LogP contribution is 2.35. The summed E-state index contributed by atoms with van der Waals surface area (Å²) in [5.74, 6) is 0.919. The number of methoxy groups -OCH3 is 2. The Morgan fingerprint density at radius 2 is 1.82 bits per heavy atom. The number of ketones is 1. The number of ether oxygens (including phenoxy) is 3. The highest BCUT2D eigenvalue weighted by molar-refractivity contribution is 6.31. The lowest BCUT2D eigenvalue weighted by Gasteiger charge is -2.15. The number of aromatic nitrogens is 1. The van der Waals surface area contributed by atoms with Crippen LogP contribution in [0.4, 0.5) is 4.39 Å². The Bertz CT molecular complexity index is 1200. The largest absolute Gasteiger partial charge is 0.494 e. The summed E-state index contributed by atoms with van der Waals surface area (Å²) >= 11 is 5.92. The molecule has 1 fully saturated rings. The lowest BCUT2D eigenvalue weighted by atomic mass is 10.0. The molecule has 1 heterocycles. The molecular weight excluding hydrogens is 461 g/mol. The van der Waals surface area contributed by atoms with Crippen molar-refractivity contribution >= 4 is 17.4 Å². The average Bonchev–Trinajstić information content (AvgIpc) is 3.68. The molecule has 34 heavy (non-hydrogen) atoms. The molecule has 1 atom stereocenters. The Morgan fingerprint density at radius 1 is 1.09 bits per heavy atom. The van der Waals surface area contributed by atoms with Crippen LogP contribution in [0, 0.1) is 5.82 Å². The molecule has 1 unspecified atom stereocenters. The summed E-state index contributed by atoms with van der Waals surface area (Å²) in [4.78, 5) is 17.3. The van der Waals surface area contributed by atoms with E-state index >= 15 is 0 Å². The van der Waals surface area contributed by atoms with E-state index in [9.17, 15) is 14.3 Å². The number of benzene rings is 2. The first-order valence-corrected chi connectivity index (χ1v) is 11.3. The number of halogens is 2. The molecule has 1 aliphatic carbocycles. The highest BCUT2D eigenvalue weighted by Gasteiger charge is 2.25. The van der Waals surface area contributed by atoms with Crippen LogP contribution in [0.25, 0.3) is 11.3 Å². The van der Waals surface area contributed by atoms with E-state index in [0.717, 1.165) is 12.8 Å². The summed E-state index contributed by atoms with van der Waals surface area (Å²) in [6.07, 6.45) is 1.57. The fourth-order valence-electron chi connectivity index (χ4n) is 3.53. The van der Waals surface area contributed by atoms with Gasteiger partial charge in [-0.05, 0) is 67.8 Å². The van der Waals surface area contributed by atoms with Crippen LogP contribution in [0.2, 0.25) is 5.02 Å². The molecule has 1 N–H and O–H groups in total. The van der Waals surface area contributed by atoms with Gasteiger partial charge in [0, 0.05) is 17.5 Å². The van der Waals surface area contributed by atoms with Gasteiger partial charge < -0.3 is 19.3 Å². The Hall–Kier alpha value is -3.16. The molecule has 8 heteroatoms. The first-order chi connectivity index (χ1) is 16.4. The number of Topliss-reactive ketones (excluding diaryl/α,β-unsaturated/α-hetero) is 1. The van der Waals surface area contributed by atoms with Gasteiger partial charge in [0.2, 0.25) is 0 Å². The van der Waals surface area contributed by atoms with Gasteiger partial charge >= 0.3 is 0 Å². The number of aliphatic hydroxyl groups is 1. The lowest BCUT2D eigenvalue weighted by molar-refractivity contribution is 0.0937. The number of pyridine rings is 1. The smallest absolute Gasteiger partial charge is 0.163 e. The van der Waals surface area contributed by atoms with E-state index in [0.29, 0.717) is 39.8 Å². The summed E-state index contributed by atoms with van der Waals surface area (Å²) in [7, 11) is 3.03. The van der Waals surface area contributed by atoms with Gasteiger partial charge in [0.25, 0.3) is 0 Å². The molecular formula is C26H25ClFNO5. The van der Waals surface area contributed by atoms with E-state index < -0.39 is 11.9 Å². The maximum Gasteiger partial charge on any atom is 0.163 e. The number of rotatable bonds is 10. The van der Waals surface area contributed by atoms with Crippen LogP contribution in [-0.4, -0.2) is 36.2 Å². The Balaban J connectivity index is 1.46. The van der Waals surface area contributed by atoms with Crippen molar-refractivity contribution in [2.75, 3.05) is 14.2 Å². The van der Waals surface area contributed by atoms with Crippen molar-refractivity contribution in [3.05, 3.63) is 70.6 Å². The molecule has 2 aromatic carbocycles. The first kappa shape index (κ1) is 24.0. The molecule has 0 radical (unpaired) electrons. The van der Waals surface area contributed by atoms with Crippen LogP contribution < -0.4 is 14.2 Å². The van der Waals surface area contributed by atoms with Crippen LogP contribution in [0.1, 0.15) is 47.8 Å². The van der Waals surface area contributed by atoms with Crippen molar-refractivity contribution in [2.45, 2.75) is 37.9 Å². The number of nitrogens with zero attached hydrogens (tertiary/aromatic N) is 1. The number of carbonyl (C=O) groups excluding carboxylic acids is 1. The third kappa shape index (κ3) is 5.48. The zero-order valence-corrected chi connectivity index (χ0v) is 19.6. The molecule has 1 saturated carbocycles. The van der Waals surface area contributed by atoms with Crippen LogP contribution in [0.5, 0.6) is 17.2 Å². The topological polar surface area (TPSA) is 77.9 Å². The summed E-state index contributed by atoms with van der Waals surface area (Å²) in [6, 6.07) is 12.6. The zero-order valence-electron chi connectivity index (χ0n) is 18.9. The molecule has 6 nitrogen and oxygen atoms in total. The summed E-state index contributed by atoms with van der Waals surface area (Å²) in [5.41, 5.74) is 1.82.